The third kappa shape index (κ3) is 4.48. The molecule has 2 N–H and O–H groups in total. The molecule has 7 heteroatoms. The Morgan fingerprint density at radius 2 is 1.97 bits per heavy atom. The van der Waals surface area contributed by atoms with E-state index in [0.29, 0.717) is 18.4 Å². The van der Waals surface area contributed by atoms with E-state index in [4.69, 9.17) is 14.5 Å². The van der Waals surface area contributed by atoms with Crippen LogP contribution in [-0.4, -0.2) is 58.5 Å². The molecule has 2 fully saturated rings. The number of benzene rings is 2. The molecule has 3 aromatic rings. The lowest BCUT2D eigenvalue weighted by Crippen LogP contribution is -2.35. The molecular formula is C26H31FN4O2. The van der Waals surface area contributed by atoms with Crippen molar-refractivity contribution in [3.05, 3.63) is 48.3 Å². The Morgan fingerprint density at radius 3 is 2.73 bits per heavy atom. The van der Waals surface area contributed by atoms with Crippen LogP contribution in [0.25, 0.3) is 22.2 Å². The summed E-state index contributed by atoms with van der Waals surface area (Å²) in [6, 6.07) is 13.4. The summed E-state index contributed by atoms with van der Waals surface area (Å²) in [5.41, 5.74) is 3.64. The first-order valence-electron chi connectivity index (χ1n) is 11.7. The van der Waals surface area contributed by atoms with Crippen LogP contribution in [0, 0.1) is 17.7 Å². The van der Waals surface area contributed by atoms with Gasteiger partial charge in [-0.3, -0.25) is 0 Å². The van der Waals surface area contributed by atoms with Crippen molar-refractivity contribution in [2.75, 3.05) is 58.4 Å². The fraction of sp³-hybridized carbons (Fsp3) is 0.423. The van der Waals surface area contributed by atoms with Crippen molar-refractivity contribution in [1.29, 1.82) is 0 Å². The third-order valence-electron chi connectivity index (χ3n) is 6.85. The molecule has 0 amide bonds. The smallest absolute Gasteiger partial charge is 0.165 e. The van der Waals surface area contributed by atoms with Gasteiger partial charge in [0.05, 0.1) is 18.3 Å². The second-order valence-electron chi connectivity index (χ2n) is 8.92. The van der Waals surface area contributed by atoms with E-state index in [2.05, 4.69) is 21.6 Å². The van der Waals surface area contributed by atoms with Crippen LogP contribution in [0.1, 0.15) is 6.42 Å². The summed E-state index contributed by atoms with van der Waals surface area (Å²) in [7, 11) is 3.39. The first-order chi connectivity index (χ1) is 16.2. The minimum atomic E-state index is -0.359. The van der Waals surface area contributed by atoms with Crippen LogP contribution in [0.5, 0.6) is 11.5 Å². The van der Waals surface area contributed by atoms with Crippen LogP contribution >= 0.6 is 0 Å². The second kappa shape index (κ2) is 9.53. The number of fused-ring (bicyclic) bond motifs is 2. The molecule has 0 bridgehead atoms. The number of pyridine rings is 1. The van der Waals surface area contributed by atoms with Crippen LogP contribution in [0.3, 0.4) is 0 Å². The molecule has 0 radical (unpaired) electrons. The normalized spacial score (nSPS) is 20.2. The zero-order chi connectivity index (χ0) is 22.8. The highest BCUT2D eigenvalue weighted by Crippen LogP contribution is 2.39. The van der Waals surface area contributed by atoms with Gasteiger partial charge in [-0.25, -0.2) is 9.37 Å². The Labute approximate surface area is 194 Å². The summed E-state index contributed by atoms with van der Waals surface area (Å²) in [6.07, 6.45) is 1.19. The Hall–Kier alpha value is -2.90. The minimum absolute atomic E-state index is 0.214. The number of hydrogen-bond acceptors (Lipinski definition) is 6. The van der Waals surface area contributed by atoms with E-state index in [-0.39, 0.29) is 11.6 Å². The number of aromatic nitrogens is 1. The number of nitrogens with zero attached hydrogens (tertiary/aromatic N) is 2. The lowest BCUT2D eigenvalue weighted by Gasteiger charge is -2.23. The van der Waals surface area contributed by atoms with E-state index in [1.165, 1.54) is 13.5 Å². The van der Waals surface area contributed by atoms with Crippen LogP contribution in [-0.2, 0) is 0 Å². The molecule has 6 nitrogen and oxygen atoms in total. The van der Waals surface area contributed by atoms with Gasteiger partial charge in [-0.05, 0) is 74.8 Å². The van der Waals surface area contributed by atoms with E-state index in [0.717, 1.165) is 66.3 Å². The van der Waals surface area contributed by atoms with Crippen molar-refractivity contribution < 1.29 is 13.9 Å². The molecule has 0 aliphatic carbocycles. The summed E-state index contributed by atoms with van der Waals surface area (Å²) >= 11 is 0. The Balaban J connectivity index is 1.53. The van der Waals surface area contributed by atoms with Crippen LogP contribution in [0.4, 0.5) is 10.1 Å². The molecule has 2 unspecified atom stereocenters. The molecule has 2 saturated heterocycles. The van der Waals surface area contributed by atoms with E-state index >= 15 is 0 Å². The van der Waals surface area contributed by atoms with E-state index < -0.39 is 0 Å². The molecule has 0 saturated carbocycles. The number of anilines is 1. The highest BCUT2D eigenvalue weighted by atomic mass is 19.1. The minimum Gasteiger partial charge on any atom is -0.494 e. The number of halogens is 1. The Bertz CT molecular complexity index is 1110. The standard InChI is InChI=1S/C26H31FN4O2/c1-28-9-10-33-20-5-3-17(4-6-20)23-12-25(31-15-18-7-8-29-14-19(18)16-31)21-11-22(27)26(32-2)13-24(21)30-23/h3-6,11-13,18-19,28-29H,7-10,14-16H2,1-2H3. The molecular weight excluding hydrogens is 419 g/mol. The van der Waals surface area contributed by atoms with Gasteiger partial charge in [-0.15, -0.1) is 0 Å². The van der Waals surface area contributed by atoms with Crippen molar-refractivity contribution in [3.8, 4) is 22.8 Å². The van der Waals surface area contributed by atoms with E-state index in [9.17, 15) is 4.39 Å². The van der Waals surface area contributed by atoms with E-state index in [1.807, 2.05) is 31.3 Å². The fourth-order valence-electron chi connectivity index (χ4n) is 5.04. The zero-order valence-corrected chi connectivity index (χ0v) is 19.2. The van der Waals surface area contributed by atoms with E-state index in [1.54, 1.807) is 12.1 Å². The van der Waals surface area contributed by atoms with Crippen LogP contribution in [0.2, 0.25) is 0 Å². The van der Waals surface area contributed by atoms with Crippen molar-refractivity contribution in [3.63, 3.8) is 0 Å². The molecule has 174 valence electrons. The van der Waals surface area contributed by atoms with Crippen LogP contribution < -0.4 is 25.0 Å². The molecule has 0 spiro atoms. The zero-order valence-electron chi connectivity index (χ0n) is 19.2. The van der Waals surface area contributed by atoms with Gasteiger partial charge in [-0.1, -0.05) is 0 Å². The maximum atomic E-state index is 14.7. The SMILES string of the molecule is CNCCOc1ccc(-c2cc(N3CC4CCNCC4C3)c3cc(F)c(OC)cc3n2)cc1. The molecule has 2 aromatic carbocycles. The topological polar surface area (TPSA) is 58.7 Å². The number of nitrogens with one attached hydrogen (secondary N) is 2. The van der Waals surface area contributed by atoms with Gasteiger partial charge in [0, 0.05) is 42.3 Å². The largest absolute Gasteiger partial charge is 0.494 e. The predicted molar refractivity (Wildman–Crippen MR) is 130 cm³/mol. The Morgan fingerprint density at radius 1 is 1.15 bits per heavy atom. The van der Waals surface area contributed by atoms with Crippen molar-refractivity contribution in [1.82, 2.24) is 15.6 Å². The highest BCUT2D eigenvalue weighted by Gasteiger charge is 2.35. The fourth-order valence-corrected chi connectivity index (χ4v) is 5.04. The van der Waals surface area contributed by atoms with Gasteiger partial charge in [0.15, 0.2) is 11.6 Å². The van der Waals surface area contributed by atoms with Crippen molar-refractivity contribution in [2.45, 2.75) is 6.42 Å². The third-order valence-corrected chi connectivity index (χ3v) is 6.85. The average molecular weight is 451 g/mol. The van der Waals surface area contributed by atoms with Gasteiger partial charge in [0.1, 0.15) is 12.4 Å². The van der Waals surface area contributed by atoms with Gasteiger partial charge in [0.2, 0.25) is 0 Å². The molecule has 1 aromatic heterocycles. The number of ether oxygens (including phenoxy) is 2. The highest BCUT2D eigenvalue weighted by molar-refractivity contribution is 5.95. The second-order valence-corrected chi connectivity index (χ2v) is 8.92. The number of likely N-dealkylation sites (N-methyl/N-ethyl adjacent to an activating group) is 1. The molecule has 5 rings (SSSR count). The lowest BCUT2D eigenvalue weighted by molar-refractivity contribution is 0.318. The number of hydrogen-bond donors (Lipinski definition) is 2. The molecule has 2 atom stereocenters. The maximum absolute atomic E-state index is 14.7. The van der Waals surface area contributed by atoms with Crippen molar-refractivity contribution >= 4 is 16.6 Å². The quantitative estimate of drug-likeness (QED) is 0.536. The maximum Gasteiger partial charge on any atom is 0.165 e. The molecule has 2 aliphatic rings. The van der Waals surface area contributed by atoms with Crippen LogP contribution in [0.15, 0.2) is 42.5 Å². The summed E-state index contributed by atoms with van der Waals surface area (Å²) < 4.78 is 25.7. The molecule has 3 heterocycles. The Kier molecular flexibility index (Phi) is 6.33. The van der Waals surface area contributed by atoms with Gasteiger partial charge in [-0.2, -0.15) is 0 Å². The lowest BCUT2D eigenvalue weighted by atomic mass is 9.90. The molecule has 2 aliphatic heterocycles. The van der Waals surface area contributed by atoms with Gasteiger partial charge in [0.25, 0.3) is 0 Å². The van der Waals surface area contributed by atoms with Crippen molar-refractivity contribution in [2.24, 2.45) is 11.8 Å². The van der Waals surface area contributed by atoms with Gasteiger partial charge >= 0.3 is 0 Å². The average Bonchev–Trinajstić information content (AvgIpc) is 3.28. The summed E-state index contributed by atoms with van der Waals surface area (Å²) in [6.45, 7) is 5.51. The first kappa shape index (κ1) is 21.9. The predicted octanol–water partition coefficient (Wildman–Crippen LogP) is 3.69. The number of piperidine rings is 1. The number of rotatable bonds is 7. The summed E-state index contributed by atoms with van der Waals surface area (Å²) in [4.78, 5) is 7.30. The summed E-state index contributed by atoms with van der Waals surface area (Å²) in [5.74, 6) is 1.99. The first-order valence-corrected chi connectivity index (χ1v) is 11.7. The number of methoxy groups -OCH3 is 1. The van der Waals surface area contributed by atoms with Gasteiger partial charge < -0.3 is 25.0 Å². The summed E-state index contributed by atoms with van der Waals surface area (Å²) in [5, 5.41) is 7.42. The molecule has 33 heavy (non-hydrogen) atoms. The monoisotopic (exact) mass is 450 g/mol.